The molecule has 3 aromatic rings. The molecule has 0 aliphatic carbocycles. The number of aryl methyl sites for hydroxylation is 1. The van der Waals surface area contributed by atoms with E-state index in [1.54, 1.807) is 6.20 Å². The fourth-order valence-corrected chi connectivity index (χ4v) is 3.28. The molecule has 2 N–H and O–H groups in total. The lowest BCUT2D eigenvalue weighted by molar-refractivity contribution is -0.134. The highest BCUT2D eigenvalue weighted by atomic mass is 16.5. The van der Waals surface area contributed by atoms with Crippen LogP contribution in [0.25, 0.3) is 10.9 Å². The van der Waals surface area contributed by atoms with Crippen molar-refractivity contribution >= 4 is 22.5 Å². The first-order valence-corrected chi connectivity index (χ1v) is 8.72. The quantitative estimate of drug-likeness (QED) is 0.745. The van der Waals surface area contributed by atoms with E-state index < -0.39 is 5.60 Å². The van der Waals surface area contributed by atoms with E-state index in [1.807, 2.05) is 61.5 Å². The molecule has 1 saturated heterocycles. The third-order valence-corrected chi connectivity index (χ3v) is 4.92. The number of amides is 1. The van der Waals surface area contributed by atoms with Gasteiger partial charge in [-0.25, -0.2) is 0 Å². The smallest absolute Gasteiger partial charge is 0.250 e. The Bertz CT molecular complexity index is 936. The summed E-state index contributed by atoms with van der Waals surface area (Å²) in [6, 6.07) is 17.9. The van der Waals surface area contributed by atoms with Crippen molar-refractivity contribution in [2.24, 2.45) is 0 Å². The molecule has 132 valence electrons. The number of carbonyl (C=O) groups is 1. The van der Waals surface area contributed by atoms with Gasteiger partial charge in [-0.1, -0.05) is 48.5 Å². The Balaban J connectivity index is 1.45. The van der Waals surface area contributed by atoms with Crippen LogP contribution in [0, 0.1) is 6.92 Å². The number of aromatic nitrogens is 1. The molecular formula is C21H21N3O2. The molecule has 0 bridgehead atoms. The van der Waals surface area contributed by atoms with E-state index in [9.17, 15) is 4.79 Å². The Kier molecular flexibility index (Phi) is 4.41. The Hall–Kier alpha value is -2.76. The van der Waals surface area contributed by atoms with E-state index in [1.165, 1.54) is 0 Å². The fourth-order valence-electron chi connectivity index (χ4n) is 3.28. The Morgan fingerprint density at radius 3 is 2.62 bits per heavy atom. The van der Waals surface area contributed by atoms with Crippen molar-refractivity contribution in [2.75, 3.05) is 25.0 Å². The minimum Gasteiger partial charge on any atom is -0.358 e. The van der Waals surface area contributed by atoms with Crippen molar-refractivity contribution in [3.8, 4) is 0 Å². The number of carbonyl (C=O) groups excluding carboxylic acids is 1. The second kappa shape index (κ2) is 6.86. The van der Waals surface area contributed by atoms with Crippen molar-refractivity contribution in [3.05, 3.63) is 71.9 Å². The van der Waals surface area contributed by atoms with Crippen LogP contribution in [0.1, 0.15) is 11.1 Å². The highest BCUT2D eigenvalue weighted by molar-refractivity contribution is 5.96. The van der Waals surface area contributed by atoms with Gasteiger partial charge in [0.05, 0.1) is 17.4 Å². The van der Waals surface area contributed by atoms with Crippen molar-refractivity contribution in [3.63, 3.8) is 0 Å². The molecule has 1 amide bonds. The summed E-state index contributed by atoms with van der Waals surface area (Å²) in [5.41, 5.74) is 3.32. The number of nitrogens with one attached hydrogen (secondary N) is 2. The van der Waals surface area contributed by atoms with E-state index in [0.29, 0.717) is 13.1 Å². The molecule has 5 heteroatoms. The van der Waals surface area contributed by atoms with Crippen LogP contribution in [0.5, 0.6) is 0 Å². The van der Waals surface area contributed by atoms with Gasteiger partial charge in [0.1, 0.15) is 12.2 Å². The van der Waals surface area contributed by atoms with E-state index in [2.05, 4.69) is 15.6 Å². The number of fused-ring (bicyclic) bond motifs is 1. The van der Waals surface area contributed by atoms with Gasteiger partial charge in [-0.2, -0.15) is 0 Å². The van der Waals surface area contributed by atoms with Gasteiger partial charge < -0.3 is 15.4 Å². The number of hydrogen-bond donors (Lipinski definition) is 2. The van der Waals surface area contributed by atoms with Crippen LogP contribution in [0.3, 0.4) is 0 Å². The van der Waals surface area contributed by atoms with Gasteiger partial charge in [0.15, 0.2) is 0 Å². The van der Waals surface area contributed by atoms with Gasteiger partial charge in [0.25, 0.3) is 0 Å². The summed E-state index contributed by atoms with van der Waals surface area (Å²) >= 11 is 0. The van der Waals surface area contributed by atoms with E-state index in [-0.39, 0.29) is 12.5 Å². The van der Waals surface area contributed by atoms with Crippen molar-refractivity contribution in [2.45, 2.75) is 12.5 Å². The molecule has 0 saturated carbocycles. The molecule has 0 spiro atoms. The summed E-state index contributed by atoms with van der Waals surface area (Å²) in [7, 11) is 0. The van der Waals surface area contributed by atoms with Gasteiger partial charge in [-0.15, -0.1) is 0 Å². The third kappa shape index (κ3) is 3.07. The van der Waals surface area contributed by atoms with E-state index in [4.69, 9.17) is 4.74 Å². The average molecular weight is 347 g/mol. The minimum absolute atomic E-state index is 0.00282. The fraction of sp³-hybridized carbons (Fsp3) is 0.238. The highest BCUT2D eigenvalue weighted by Crippen LogP contribution is 2.30. The number of rotatable bonds is 5. The van der Waals surface area contributed by atoms with Gasteiger partial charge in [-0.3, -0.25) is 9.78 Å². The highest BCUT2D eigenvalue weighted by Gasteiger charge is 2.40. The molecular weight excluding hydrogens is 326 g/mol. The number of hydrogen-bond acceptors (Lipinski definition) is 4. The number of nitrogens with zero attached hydrogens (tertiary/aromatic N) is 1. The molecule has 1 aliphatic rings. The number of ether oxygens (including phenoxy) is 1. The molecule has 4 rings (SSSR count). The van der Waals surface area contributed by atoms with Gasteiger partial charge in [0.2, 0.25) is 5.91 Å². The summed E-state index contributed by atoms with van der Waals surface area (Å²) in [5.74, 6) is -0.174. The molecule has 1 fully saturated rings. The predicted octanol–water partition coefficient (Wildman–Crippen LogP) is 3.00. The SMILES string of the molecule is Cc1c(NC(=O)COC2(c3ccccc3)CNC2)cnc2ccccc12. The number of benzene rings is 2. The summed E-state index contributed by atoms with van der Waals surface area (Å²) in [5, 5.41) is 7.20. The van der Waals surface area contributed by atoms with Crippen molar-refractivity contribution in [1.29, 1.82) is 0 Å². The molecule has 26 heavy (non-hydrogen) atoms. The molecule has 0 unspecified atom stereocenters. The zero-order valence-corrected chi connectivity index (χ0v) is 14.7. The summed E-state index contributed by atoms with van der Waals surface area (Å²) in [6.07, 6.45) is 1.70. The molecule has 1 aliphatic heterocycles. The van der Waals surface area contributed by atoms with Crippen LogP contribution in [-0.4, -0.2) is 30.6 Å². The maximum atomic E-state index is 12.4. The van der Waals surface area contributed by atoms with Crippen LogP contribution < -0.4 is 10.6 Å². The Morgan fingerprint density at radius 2 is 1.88 bits per heavy atom. The second-order valence-electron chi connectivity index (χ2n) is 6.61. The minimum atomic E-state index is -0.421. The van der Waals surface area contributed by atoms with Crippen molar-refractivity contribution < 1.29 is 9.53 Å². The first kappa shape index (κ1) is 16.7. The van der Waals surface area contributed by atoms with Crippen LogP contribution in [0.4, 0.5) is 5.69 Å². The maximum Gasteiger partial charge on any atom is 0.250 e. The summed E-state index contributed by atoms with van der Waals surface area (Å²) in [6.45, 7) is 3.41. The first-order chi connectivity index (χ1) is 12.7. The zero-order chi connectivity index (χ0) is 18.0. The monoisotopic (exact) mass is 347 g/mol. The normalized spacial score (nSPS) is 15.4. The predicted molar refractivity (Wildman–Crippen MR) is 102 cm³/mol. The summed E-state index contributed by atoms with van der Waals surface area (Å²) in [4.78, 5) is 16.8. The lowest BCUT2D eigenvalue weighted by Gasteiger charge is -2.42. The summed E-state index contributed by atoms with van der Waals surface area (Å²) < 4.78 is 6.02. The van der Waals surface area contributed by atoms with Crippen molar-refractivity contribution in [1.82, 2.24) is 10.3 Å². The number of anilines is 1. The maximum absolute atomic E-state index is 12.4. The standard InChI is InChI=1S/C21H21N3O2/c1-15-17-9-5-6-10-18(17)23-11-19(15)24-20(25)12-26-21(13-22-14-21)16-7-3-2-4-8-16/h2-11,22H,12-14H2,1H3,(H,24,25). The third-order valence-electron chi connectivity index (χ3n) is 4.92. The molecule has 0 radical (unpaired) electrons. The van der Waals surface area contributed by atoms with Crippen LogP contribution in [0.15, 0.2) is 60.8 Å². The van der Waals surface area contributed by atoms with Crippen LogP contribution in [0.2, 0.25) is 0 Å². The van der Waals surface area contributed by atoms with Gasteiger partial charge >= 0.3 is 0 Å². The molecule has 2 aromatic carbocycles. The molecule has 0 atom stereocenters. The second-order valence-corrected chi connectivity index (χ2v) is 6.61. The lowest BCUT2D eigenvalue weighted by atomic mass is 9.88. The topological polar surface area (TPSA) is 63.2 Å². The lowest BCUT2D eigenvalue weighted by Crippen LogP contribution is -2.59. The van der Waals surface area contributed by atoms with E-state index in [0.717, 1.165) is 27.7 Å². The number of para-hydroxylation sites is 1. The van der Waals surface area contributed by atoms with Gasteiger partial charge in [0, 0.05) is 18.5 Å². The molecule has 1 aromatic heterocycles. The van der Waals surface area contributed by atoms with E-state index >= 15 is 0 Å². The molecule has 5 nitrogen and oxygen atoms in total. The van der Waals surface area contributed by atoms with Crippen LogP contribution in [-0.2, 0) is 15.1 Å². The zero-order valence-electron chi connectivity index (χ0n) is 14.7. The number of pyridine rings is 1. The van der Waals surface area contributed by atoms with Crippen LogP contribution >= 0.6 is 0 Å². The largest absolute Gasteiger partial charge is 0.358 e. The van der Waals surface area contributed by atoms with Gasteiger partial charge in [-0.05, 0) is 24.1 Å². The Labute approximate surface area is 152 Å². The first-order valence-electron chi connectivity index (χ1n) is 8.72. The Morgan fingerprint density at radius 1 is 1.15 bits per heavy atom. The molecule has 2 heterocycles. The average Bonchev–Trinajstić information content (AvgIpc) is 2.64.